The quantitative estimate of drug-likeness (QED) is 0.306. The van der Waals surface area contributed by atoms with E-state index in [-0.39, 0.29) is 5.91 Å². The van der Waals surface area contributed by atoms with Crippen molar-refractivity contribution >= 4 is 45.0 Å². The molecule has 0 spiro atoms. The lowest BCUT2D eigenvalue weighted by Crippen LogP contribution is -2.09. The van der Waals surface area contributed by atoms with E-state index in [0.29, 0.717) is 34.8 Å². The topological polar surface area (TPSA) is 125 Å². The molecule has 0 fully saturated rings. The summed E-state index contributed by atoms with van der Waals surface area (Å²) in [7, 11) is 0. The van der Waals surface area contributed by atoms with Gasteiger partial charge in [-0.1, -0.05) is 6.92 Å². The van der Waals surface area contributed by atoms with Gasteiger partial charge in [-0.2, -0.15) is 5.10 Å². The van der Waals surface area contributed by atoms with Crippen LogP contribution in [-0.4, -0.2) is 41.0 Å². The SMILES string of the molecule is CCC(=O)Nc1cncc(-c2ccc3[nH]nc(-c4nc5c(-c6ccc(C)s6)nccc5[nH]4)c3n2)c1. The Kier molecular flexibility index (Phi) is 5.07. The molecule has 0 aromatic carbocycles. The molecular weight excluding hydrogens is 460 g/mol. The molecule has 1 amide bonds. The average molecular weight is 481 g/mol. The molecule has 0 saturated carbocycles. The third kappa shape index (κ3) is 3.83. The molecule has 172 valence electrons. The number of imidazole rings is 1. The van der Waals surface area contributed by atoms with Crippen LogP contribution in [0.5, 0.6) is 0 Å². The Morgan fingerprint density at radius 2 is 1.91 bits per heavy atom. The summed E-state index contributed by atoms with van der Waals surface area (Å²) in [5.74, 6) is 0.543. The van der Waals surface area contributed by atoms with Gasteiger partial charge in [0, 0.05) is 29.3 Å². The maximum absolute atomic E-state index is 11.8. The molecular formula is C25H20N8OS. The van der Waals surface area contributed by atoms with Crippen LogP contribution in [0.15, 0.2) is 55.0 Å². The molecule has 0 atom stereocenters. The number of aromatic amines is 2. The summed E-state index contributed by atoms with van der Waals surface area (Å²) in [5.41, 5.74) is 6.75. The summed E-state index contributed by atoms with van der Waals surface area (Å²) < 4.78 is 0. The first kappa shape index (κ1) is 21.1. The molecule has 6 heterocycles. The number of amides is 1. The average Bonchev–Trinajstić information content (AvgIpc) is 3.61. The van der Waals surface area contributed by atoms with Crippen molar-refractivity contribution < 1.29 is 4.79 Å². The Hall–Kier alpha value is -4.44. The highest BCUT2D eigenvalue weighted by Gasteiger charge is 2.18. The minimum atomic E-state index is -0.0686. The van der Waals surface area contributed by atoms with Gasteiger partial charge in [-0.05, 0) is 43.3 Å². The Morgan fingerprint density at radius 1 is 1.03 bits per heavy atom. The fourth-order valence-electron chi connectivity index (χ4n) is 3.91. The number of aryl methyl sites for hydroxylation is 1. The number of hydrogen-bond donors (Lipinski definition) is 3. The van der Waals surface area contributed by atoms with Gasteiger partial charge in [0.2, 0.25) is 5.91 Å². The van der Waals surface area contributed by atoms with E-state index in [4.69, 9.17) is 9.97 Å². The molecule has 0 unspecified atom stereocenters. The number of hydrogen-bond acceptors (Lipinski definition) is 7. The maximum atomic E-state index is 11.8. The fraction of sp³-hybridized carbons (Fsp3) is 0.120. The summed E-state index contributed by atoms with van der Waals surface area (Å²) in [4.78, 5) is 36.0. The maximum Gasteiger partial charge on any atom is 0.224 e. The Labute approximate surface area is 203 Å². The van der Waals surface area contributed by atoms with Crippen molar-refractivity contribution in [1.29, 1.82) is 0 Å². The van der Waals surface area contributed by atoms with Crippen molar-refractivity contribution in [3.05, 3.63) is 59.9 Å². The number of nitrogens with one attached hydrogen (secondary N) is 3. The second-order valence-electron chi connectivity index (χ2n) is 8.08. The van der Waals surface area contributed by atoms with Crippen molar-refractivity contribution in [3.8, 4) is 33.3 Å². The number of carbonyl (C=O) groups excluding carboxylic acids is 1. The van der Waals surface area contributed by atoms with Crippen molar-refractivity contribution in [2.75, 3.05) is 5.32 Å². The lowest BCUT2D eigenvalue weighted by Gasteiger charge is -2.06. The molecule has 0 saturated heterocycles. The van der Waals surface area contributed by atoms with Crippen molar-refractivity contribution in [1.82, 2.24) is 35.1 Å². The number of fused-ring (bicyclic) bond motifs is 2. The van der Waals surface area contributed by atoms with E-state index in [2.05, 4.69) is 49.5 Å². The molecule has 6 aromatic rings. The number of aromatic nitrogens is 7. The van der Waals surface area contributed by atoms with E-state index in [0.717, 1.165) is 32.7 Å². The number of thiophene rings is 1. The van der Waals surface area contributed by atoms with Gasteiger partial charge < -0.3 is 10.3 Å². The monoisotopic (exact) mass is 480 g/mol. The molecule has 3 N–H and O–H groups in total. The molecule has 0 aliphatic heterocycles. The van der Waals surface area contributed by atoms with E-state index < -0.39 is 0 Å². The van der Waals surface area contributed by atoms with E-state index in [1.807, 2.05) is 24.3 Å². The van der Waals surface area contributed by atoms with Crippen molar-refractivity contribution in [2.45, 2.75) is 20.3 Å². The molecule has 9 nitrogen and oxygen atoms in total. The molecule has 6 rings (SSSR count). The standard InChI is InChI=1S/C25H20N8OS/c1-3-20(34)28-15-10-14(11-26-12-15)16-5-6-18-22(29-16)24(33-32-18)25-30-17-8-9-27-23(21(17)31-25)19-7-4-13(2)35-19/h4-12H,3H2,1-2H3,(H,28,34)(H,30,31)(H,32,33). The molecule has 35 heavy (non-hydrogen) atoms. The molecule has 0 aliphatic rings. The largest absolute Gasteiger partial charge is 0.336 e. The summed E-state index contributed by atoms with van der Waals surface area (Å²) >= 11 is 1.69. The molecule has 6 aromatic heterocycles. The fourth-order valence-corrected chi connectivity index (χ4v) is 4.78. The molecule has 0 radical (unpaired) electrons. The predicted octanol–water partition coefficient (Wildman–Crippen LogP) is 5.34. The number of rotatable bonds is 5. The van der Waals surface area contributed by atoms with Crippen LogP contribution < -0.4 is 5.32 Å². The number of pyridine rings is 3. The Bertz CT molecular complexity index is 1710. The van der Waals surface area contributed by atoms with Gasteiger partial charge in [-0.25, -0.2) is 9.97 Å². The van der Waals surface area contributed by atoms with Crippen LogP contribution in [0, 0.1) is 6.92 Å². The molecule has 10 heteroatoms. The lowest BCUT2D eigenvalue weighted by molar-refractivity contribution is -0.115. The zero-order chi connectivity index (χ0) is 23.9. The first-order chi connectivity index (χ1) is 17.1. The van der Waals surface area contributed by atoms with Crippen LogP contribution in [0.2, 0.25) is 0 Å². The first-order valence-electron chi connectivity index (χ1n) is 11.1. The van der Waals surface area contributed by atoms with Crippen LogP contribution >= 0.6 is 11.3 Å². The lowest BCUT2D eigenvalue weighted by atomic mass is 10.1. The minimum Gasteiger partial charge on any atom is -0.336 e. The van der Waals surface area contributed by atoms with Crippen LogP contribution in [0.1, 0.15) is 18.2 Å². The normalized spacial score (nSPS) is 11.4. The van der Waals surface area contributed by atoms with Gasteiger partial charge in [0.05, 0.1) is 33.5 Å². The molecule has 0 bridgehead atoms. The number of anilines is 1. The number of nitrogens with zero attached hydrogens (tertiary/aromatic N) is 5. The van der Waals surface area contributed by atoms with Gasteiger partial charge in [-0.3, -0.25) is 19.9 Å². The van der Waals surface area contributed by atoms with Gasteiger partial charge in [0.25, 0.3) is 0 Å². The predicted molar refractivity (Wildman–Crippen MR) is 137 cm³/mol. The van der Waals surface area contributed by atoms with E-state index in [9.17, 15) is 4.79 Å². The highest BCUT2D eigenvalue weighted by molar-refractivity contribution is 7.15. The van der Waals surface area contributed by atoms with Crippen molar-refractivity contribution in [3.63, 3.8) is 0 Å². The highest BCUT2D eigenvalue weighted by Crippen LogP contribution is 2.33. The van der Waals surface area contributed by atoms with Crippen molar-refractivity contribution in [2.24, 2.45) is 0 Å². The van der Waals surface area contributed by atoms with Gasteiger partial charge in [-0.15, -0.1) is 11.3 Å². The van der Waals surface area contributed by atoms with Crippen LogP contribution in [0.4, 0.5) is 5.69 Å². The second-order valence-corrected chi connectivity index (χ2v) is 9.37. The second kappa shape index (κ2) is 8.41. The van der Waals surface area contributed by atoms with Gasteiger partial charge in [0.1, 0.15) is 16.7 Å². The third-order valence-corrected chi connectivity index (χ3v) is 6.65. The third-order valence-electron chi connectivity index (χ3n) is 5.65. The van der Waals surface area contributed by atoms with Gasteiger partial charge in [0.15, 0.2) is 11.5 Å². The van der Waals surface area contributed by atoms with Crippen LogP contribution in [0.3, 0.4) is 0 Å². The van der Waals surface area contributed by atoms with Crippen LogP contribution in [-0.2, 0) is 4.79 Å². The minimum absolute atomic E-state index is 0.0686. The number of carbonyl (C=O) groups is 1. The van der Waals surface area contributed by atoms with E-state index in [1.54, 1.807) is 36.9 Å². The van der Waals surface area contributed by atoms with E-state index >= 15 is 0 Å². The smallest absolute Gasteiger partial charge is 0.224 e. The summed E-state index contributed by atoms with van der Waals surface area (Å²) in [6, 6.07) is 11.7. The summed E-state index contributed by atoms with van der Waals surface area (Å²) in [5, 5.41) is 10.4. The Morgan fingerprint density at radius 3 is 2.74 bits per heavy atom. The first-order valence-corrected chi connectivity index (χ1v) is 11.9. The zero-order valence-electron chi connectivity index (χ0n) is 19.0. The highest BCUT2D eigenvalue weighted by atomic mass is 32.1. The zero-order valence-corrected chi connectivity index (χ0v) is 19.8. The summed E-state index contributed by atoms with van der Waals surface area (Å²) in [6.45, 7) is 3.88. The Balaban J connectivity index is 1.43. The number of H-pyrrole nitrogens is 2. The molecule has 0 aliphatic carbocycles. The van der Waals surface area contributed by atoms with E-state index in [1.165, 1.54) is 4.88 Å². The summed E-state index contributed by atoms with van der Waals surface area (Å²) in [6.07, 6.45) is 5.52. The van der Waals surface area contributed by atoms with Gasteiger partial charge >= 0.3 is 0 Å². The van der Waals surface area contributed by atoms with Crippen LogP contribution in [0.25, 0.3) is 55.4 Å².